The highest BCUT2D eigenvalue weighted by molar-refractivity contribution is 5.94. The van der Waals surface area contributed by atoms with Gasteiger partial charge in [0, 0.05) is 24.4 Å². The van der Waals surface area contributed by atoms with Crippen LogP contribution in [0.4, 0.5) is 5.69 Å². The third-order valence-electron chi connectivity index (χ3n) is 4.31. The molecule has 0 radical (unpaired) electrons. The number of hydrogen-bond donors (Lipinski definition) is 4. The quantitative estimate of drug-likeness (QED) is 0.647. The van der Waals surface area contributed by atoms with Gasteiger partial charge in [0.05, 0.1) is 11.0 Å². The number of anilines is 1. The van der Waals surface area contributed by atoms with Crippen LogP contribution in [0.1, 0.15) is 31.5 Å². The Morgan fingerprint density at radius 3 is 2.83 bits per heavy atom. The van der Waals surface area contributed by atoms with E-state index in [1.807, 2.05) is 18.2 Å². The van der Waals surface area contributed by atoms with E-state index in [0.29, 0.717) is 12.8 Å². The largest absolute Gasteiger partial charge is 0.481 e. The Hall–Kier alpha value is -2.41. The molecule has 7 nitrogen and oxygen atoms in total. The lowest BCUT2D eigenvalue weighted by atomic mass is 9.97. The molecule has 1 aromatic heterocycles. The average molecular weight is 330 g/mol. The number of imidazole rings is 1. The van der Waals surface area contributed by atoms with Crippen LogP contribution < -0.4 is 10.6 Å². The number of benzene rings is 1. The topological polar surface area (TPSA) is 107 Å². The normalized spacial score (nSPS) is 15.5. The molecular formula is C17H22N4O3. The van der Waals surface area contributed by atoms with Crippen molar-refractivity contribution in [3.63, 3.8) is 0 Å². The third kappa shape index (κ3) is 4.11. The fraction of sp³-hybridized carbons (Fsp3) is 0.471. The Morgan fingerprint density at radius 2 is 2.08 bits per heavy atom. The van der Waals surface area contributed by atoms with Gasteiger partial charge in [-0.15, -0.1) is 0 Å². The number of carboxylic acids is 1. The van der Waals surface area contributed by atoms with E-state index in [9.17, 15) is 9.59 Å². The van der Waals surface area contributed by atoms with Crippen LogP contribution in [0.25, 0.3) is 11.0 Å². The lowest BCUT2D eigenvalue weighted by Gasteiger charge is -2.21. The summed E-state index contributed by atoms with van der Waals surface area (Å²) in [5.74, 6) is 0.106. The van der Waals surface area contributed by atoms with Gasteiger partial charge in [0.15, 0.2) is 0 Å². The molecule has 1 amide bonds. The number of aromatic nitrogens is 2. The molecule has 0 unspecified atom stereocenters. The molecule has 0 bridgehead atoms. The fourth-order valence-corrected chi connectivity index (χ4v) is 2.99. The summed E-state index contributed by atoms with van der Waals surface area (Å²) in [4.78, 5) is 30.5. The molecule has 1 fully saturated rings. The van der Waals surface area contributed by atoms with Gasteiger partial charge in [-0.1, -0.05) is 0 Å². The Kier molecular flexibility index (Phi) is 5.10. The Balaban J connectivity index is 1.64. The number of rotatable bonds is 6. The molecule has 0 aliphatic carbocycles. The van der Waals surface area contributed by atoms with Gasteiger partial charge in [0.2, 0.25) is 5.91 Å². The van der Waals surface area contributed by atoms with E-state index in [-0.39, 0.29) is 18.2 Å². The first kappa shape index (κ1) is 16.4. The number of carbonyl (C=O) groups excluding carboxylic acids is 1. The molecule has 1 aliphatic heterocycles. The van der Waals surface area contributed by atoms with Crippen molar-refractivity contribution < 1.29 is 14.7 Å². The zero-order valence-electron chi connectivity index (χ0n) is 13.5. The Morgan fingerprint density at radius 1 is 1.29 bits per heavy atom. The molecule has 1 aromatic carbocycles. The maximum absolute atomic E-state index is 12.3. The number of H-pyrrole nitrogens is 1. The number of hydrogen-bond acceptors (Lipinski definition) is 4. The minimum atomic E-state index is -0.797. The van der Waals surface area contributed by atoms with E-state index in [1.54, 1.807) is 0 Å². The first-order valence-electron chi connectivity index (χ1n) is 8.34. The number of carboxylic acid groups (broad SMARTS) is 1. The Bertz CT molecular complexity index is 735. The van der Waals surface area contributed by atoms with Crippen LogP contribution in [0, 0.1) is 5.92 Å². The zero-order chi connectivity index (χ0) is 16.9. The molecule has 24 heavy (non-hydrogen) atoms. The Labute approximate surface area is 139 Å². The van der Waals surface area contributed by atoms with Crippen molar-refractivity contribution in [3.8, 4) is 0 Å². The maximum atomic E-state index is 12.3. The molecule has 128 valence electrons. The van der Waals surface area contributed by atoms with Crippen LogP contribution in [0.15, 0.2) is 18.2 Å². The monoisotopic (exact) mass is 330 g/mol. The summed E-state index contributed by atoms with van der Waals surface area (Å²) in [6.07, 6.45) is 3.01. The molecular weight excluding hydrogens is 308 g/mol. The van der Waals surface area contributed by atoms with E-state index < -0.39 is 5.97 Å². The molecule has 1 saturated heterocycles. The molecule has 0 saturated carbocycles. The van der Waals surface area contributed by atoms with Crippen LogP contribution in [-0.4, -0.2) is 40.0 Å². The lowest BCUT2D eigenvalue weighted by Crippen LogP contribution is -2.34. The predicted molar refractivity (Wildman–Crippen MR) is 90.9 cm³/mol. The van der Waals surface area contributed by atoms with Crippen LogP contribution in [0.2, 0.25) is 0 Å². The number of piperidine rings is 1. The van der Waals surface area contributed by atoms with Gasteiger partial charge < -0.3 is 20.7 Å². The van der Waals surface area contributed by atoms with Crippen molar-refractivity contribution in [1.29, 1.82) is 0 Å². The van der Waals surface area contributed by atoms with Crippen LogP contribution >= 0.6 is 0 Å². The van der Waals surface area contributed by atoms with Gasteiger partial charge in [-0.3, -0.25) is 9.59 Å². The van der Waals surface area contributed by atoms with Crippen molar-refractivity contribution in [3.05, 3.63) is 24.0 Å². The van der Waals surface area contributed by atoms with Gasteiger partial charge in [0.25, 0.3) is 0 Å². The van der Waals surface area contributed by atoms with Gasteiger partial charge in [-0.05, 0) is 50.6 Å². The highest BCUT2D eigenvalue weighted by Crippen LogP contribution is 2.20. The summed E-state index contributed by atoms with van der Waals surface area (Å²) in [6, 6.07) is 5.59. The second-order valence-electron chi connectivity index (χ2n) is 6.18. The van der Waals surface area contributed by atoms with E-state index >= 15 is 0 Å². The van der Waals surface area contributed by atoms with Crippen LogP contribution in [0.3, 0.4) is 0 Å². The van der Waals surface area contributed by atoms with Crippen LogP contribution in [0.5, 0.6) is 0 Å². The second kappa shape index (κ2) is 7.44. The number of aromatic amines is 1. The highest BCUT2D eigenvalue weighted by atomic mass is 16.4. The summed E-state index contributed by atoms with van der Waals surface area (Å²) in [6.45, 7) is 1.77. The summed E-state index contributed by atoms with van der Waals surface area (Å²) in [5.41, 5.74) is 2.43. The van der Waals surface area contributed by atoms with E-state index in [4.69, 9.17) is 5.11 Å². The van der Waals surface area contributed by atoms with Crippen LogP contribution in [-0.2, 0) is 16.0 Å². The lowest BCUT2D eigenvalue weighted by molar-refractivity contribution is -0.137. The predicted octanol–water partition coefficient (Wildman–Crippen LogP) is 1.91. The second-order valence-corrected chi connectivity index (χ2v) is 6.18. The van der Waals surface area contributed by atoms with Crippen molar-refractivity contribution in [2.75, 3.05) is 18.4 Å². The molecule has 7 heteroatoms. The highest BCUT2D eigenvalue weighted by Gasteiger charge is 2.20. The van der Waals surface area contributed by atoms with Crippen molar-refractivity contribution in [2.45, 2.75) is 32.1 Å². The molecule has 0 spiro atoms. The zero-order valence-corrected chi connectivity index (χ0v) is 13.5. The number of amides is 1. The number of carbonyl (C=O) groups is 2. The number of aliphatic carboxylic acids is 1. The van der Waals surface area contributed by atoms with E-state index in [1.165, 1.54) is 0 Å². The van der Waals surface area contributed by atoms with Gasteiger partial charge >= 0.3 is 5.97 Å². The average Bonchev–Trinajstić information content (AvgIpc) is 2.97. The number of nitrogens with zero attached hydrogens (tertiary/aromatic N) is 1. The summed E-state index contributed by atoms with van der Waals surface area (Å²) in [5, 5.41) is 14.9. The van der Waals surface area contributed by atoms with Crippen molar-refractivity contribution in [2.24, 2.45) is 5.92 Å². The van der Waals surface area contributed by atoms with Crippen molar-refractivity contribution >= 4 is 28.6 Å². The number of nitrogens with one attached hydrogen (secondary N) is 3. The maximum Gasteiger partial charge on any atom is 0.303 e. The molecule has 2 heterocycles. The first-order chi connectivity index (χ1) is 11.6. The standard InChI is InChI=1S/C17H22N4O3/c22-16(23)3-1-2-15-20-13-5-4-12(10-14(13)21-15)19-17(24)11-6-8-18-9-7-11/h4-5,10-11,18H,1-3,6-9H2,(H,19,24)(H,20,21)(H,22,23). The SMILES string of the molecule is O=C(O)CCCc1nc2ccc(NC(=O)C3CCNCC3)cc2[nH]1. The minimum absolute atomic E-state index is 0.0651. The van der Waals surface area contributed by atoms with Gasteiger partial charge in [-0.25, -0.2) is 4.98 Å². The first-order valence-corrected chi connectivity index (χ1v) is 8.34. The molecule has 1 aliphatic rings. The molecule has 4 N–H and O–H groups in total. The number of aryl methyl sites for hydroxylation is 1. The molecule has 0 atom stereocenters. The third-order valence-corrected chi connectivity index (χ3v) is 4.31. The molecule has 3 rings (SSSR count). The minimum Gasteiger partial charge on any atom is -0.481 e. The van der Waals surface area contributed by atoms with Gasteiger partial charge in [-0.2, -0.15) is 0 Å². The summed E-state index contributed by atoms with van der Waals surface area (Å²) >= 11 is 0. The summed E-state index contributed by atoms with van der Waals surface area (Å²) < 4.78 is 0. The smallest absolute Gasteiger partial charge is 0.303 e. The van der Waals surface area contributed by atoms with E-state index in [2.05, 4.69) is 20.6 Å². The van der Waals surface area contributed by atoms with E-state index in [0.717, 1.165) is 48.5 Å². The molecule has 2 aromatic rings. The van der Waals surface area contributed by atoms with Gasteiger partial charge in [0.1, 0.15) is 5.82 Å². The fourth-order valence-electron chi connectivity index (χ4n) is 2.99. The van der Waals surface area contributed by atoms with Crippen molar-refractivity contribution in [1.82, 2.24) is 15.3 Å². The number of fused-ring (bicyclic) bond motifs is 1. The summed E-state index contributed by atoms with van der Waals surface area (Å²) in [7, 11) is 0.